The Kier molecular flexibility index (Phi) is 10.4. The van der Waals surface area contributed by atoms with Crippen molar-refractivity contribution < 1.29 is 9.13 Å². The van der Waals surface area contributed by atoms with E-state index in [9.17, 15) is 4.39 Å². The number of nitrogens with zero attached hydrogens (tertiary/aromatic N) is 1. The molecule has 0 aliphatic rings. The largest absolute Gasteiger partial charge is 0.494 e. The maximum Gasteiger partial charge on any atom is 0.191 e. The van der Waals surface area contributed by atoms with Crippen LogP contribution >= 0.6 is 35.3 Å². The number of rotatable bonds is 8. The van der Waals surface area contributed by atoms with Gasteiger partial charge in [-0.2, -0.15) is 11.3 Å². The van der Waals surface area contributed by atoms with Crippen LogP contribution in [0.15, 0.2) is 46.1 Å². The number of nitrogens with one attached hydrogen (secondary N) is 2. The van der Waals surface area contributed by atoms with Crippen LogP contribution in [0.4, 0.5) is 4.39 Å². The minimum absolute atomic E-state index is 0. The van der Waals surface area contributed by atoms with Gasteiger partial charge in [-0.1, -0.05) is 0 Å². The van der Waals surface area contributed by atoms with Crippen molar-refractivity contribution in [1.82, 2.24) is 10.6 Å². The first-order valence-corrected chi connectivity index (χ1v) is 8.56. The van der Waals surface area contributed by atoms with Gasteiger partial charge in [0.15, 0.2) is 5.96 Å². The molecular weight excluding hydrogens is 440 g/mol. The Morgan fingerprint density at radius 1 is 1.17 bits per heavy atom. The van der Waals surface area contributed by atoms with Crippen LogP contribution in [-0.4, -0.2) is 26.2 Å². The molecule has 0 spiro atoms. The van der Waals surface area contributed by atoms with Gasteiger partial charge in [0.1, 0.15) is 11.6 Å². The molecule has 0 unspecified atom stereocenters. The van der Waals surface area contributed by atoms with Gasteiger partial charge in [0.05, 0.1) is 6.61 Å². The first-order chi connectivity index (χ1) is 11.3. The highest BCUT2D eigenvalue weighted by Gasteiger charge is 1.99. The number of unbranched alkanes of at least 4 members (excludes halogenated alkanes) is 1. The molecule has 0 bridgehead atoms. The van der Waals surface area contributed by atoms with Gasteiger partial charge in [-0.05, 0) is 59.5 Å². The van der Waals surface area contributed by atoms with Crippen molar-refractivity contribution in [3.63, 3.8) is 0 Å². The number of benzene rings is 1. The molecule has 0 saturated heterocycles. The minimum atomic E-state index is -0.247. The van der Waals surface area contributed by atoms with Gasteiger partial charge in [-0.3, -0.25) is 4.99 Å². The van der Waals surface area contributed by atoms with Crippen LogP contribution < -0.4 is 15.4 Å². The van der Waals surface area contributed by atoms with E-state index in [4.69, 9.17) is 4.74 Å². The minimum Gasteiger partial charge on any atom is -0.494 e. The lowest BCUT2D eigenvalue weighted by Gasteiger charge is -2.11. The van der Waals surface area contributed by atoms with Gasteiger partial charge < -0.3 is 15.4 Å². The molecule has 0 amide bonds. The summed E-state index contributed by atoms with van der Waals surface area (Å²) in [5.74, 6) is 1.26. The third-order valence-corrected chi connectivity index (χ3v) is 3.94. The molecule has 2 aromatic rings. The van der Waals surface area contributed by atoms with E-state index in [0.29, 0.717) is 12.4 Å². The van der Waals surface area contributed by atoms with Crippen LogP contribution in [0.1, 0.15) is 18.4 Å². The molecule has 24 heavy (non-hydrogen) atoms. The molecule has 2 N–H and O–H groups in total. The smallest absolute Gasteiger partial charge is 0.191 e. The van der Waals surface area contributed by atoms with Gasteiger partial charge in [0.25, 0.3) is 0 Å². The van der Waals surface area contributed by atoms with Crippen molar-refractivity contribution >= 4 is 41.3 Å². The number of halogens is 2. The second-order valence-corrected chi connectivity index (χ2v) is 5.77. The lowest BCUT2D eigenvalue weighted by molar-refractivity contribution is 0.306. The highest BCUT2D eigenvalue weighted by molar-refractivity contribution is 14.0. The summed E-state index contributed by atoms with van der Waals surface area (Å²) in [5.41, 5.74) is 1.26. The molecule has 1 heterocycles. The molecule has 7 heteroatoms. The zero-order chi connectivity index (χ0) is 16.3. The van der Waals surface area contributed by atoms with E-state index in [1.54, 1.807) is 30.5 Å². The molecule has 1 aromatic carbocycles. The molecule has 0 fully saturated rings. The molecule has 0 radical (unpaired) electrons. The van der Waals surface area contributed by atoms with Crippen LogP contribution in [0.25, 0.3) is 0 Å². The molecule has 4 nitrogen and oxygen atoms in total. The highest BCUT2D eigenvalue weighted by atomic mass is 127. The Balaban J connectivity index is 0.00000288. The second kappa shape index (κ2) is 12.1. The predicted octanol–water partition coefficient (Wildman–Crippen LogP) is 4.03. The molecule has 0 aliphatic heterocycles. The Morgan fingerprint density at radius 2 is 1.96 bits per heavy atom. The summed E-state index contributed by atoms with van der Waals surface area (Å²) in [7, 11) is 1.76. The van der Waals surface area contributed by atoms with Crippen molar-refractivity contribution in [1.29, 1.82) is 0 Å². The predicted molar refractivity (Wildman–Crippen MR) is 109 cm³/mol. The summed E-state index contributed by atoms with van der Waals surface area (Å²) in [5, 5.41) is 10.7. The Labute approximate surface area is 163 Å². The van der Waals surface area contributed by atoms with Crippen LogP contribution in [0.2, 0.25) is 0 Å². The number of hydrogen-bond acceptors (Lipinski definition) is 3. The molecule has 1 aromatic heterocycles. The van der Waals surface area contributed by atoms with E-state index >= 15 is 0 Å². The third kappa shape index (κ3) is 7.96. The standard InChI is InChI=1S/C17H22FN3OS.HI/c1-19-17(21-12-14-8-11-23-13-14)20-9-2-3-10-22-16-6-4-15(18)5-7-16;/h4-8,11,13H,2-3,9-10,12H2,1H3,(H2,19,20,21);1H. The maximum absolute atomic E-state index is 12.8. The first-order valence-electron chi connectivity index (χ1n) is 7.62. The van der Waals surface area contributed by atoms with Crippen LogP contribution in [0, 0.1) is 5.82 Å². The summed E-state index contributed by atoms with van der Waals surface area (Å²) in [6.45, 7) is 2.22. The molecule has 2 rings (SSSR count). The zero-order valence-electron chi connectivity index (χ0n) is 13.6. The van der Waals surface area contributed by atoms with Gasteiger partial charge in [0, 0.05) is 20.1 Å². The average molecular weight is 463 g/mol. The Bertz CT molecular complexity index is 590. The van der Waals surface area contributed by atoms with Crippen LogP contribution in [-0.2, 0) is 6.54 Å². The van der Waals surface area contributed by atoms with Gasteiger partial charge in [-0.15, -0.1) is 24.0 Å². The molecular formula is C17H23FIN3OS. The number of guanidine groups is 1. The van der Waals surface area contributed by atoms with E-state index in [1.165, 1.54) is 17.7 Å². The first kappa shape index (κ1) is 20.7. The van der Waals surface area contributed by atoms with Gasteiger partial charge in [-0.25, -0.2) is 4.39 Å². The monoisotopic (exact) mass is 463 g/mol. The van der Waals surface area contributed by atoms with E-state index in [1.807, 2.05) is 0 Å². The van der Waals surface area contributed by atoms with Crippen molar-refractivity contribution in [2.75, 3.05) is 20.2 Å². The fourth-order valence-electron chi connectivity index (χ4n) is 1.95. The van der Waals surface area contributed by atoms with Crippen molar-refractivity contribution in [3.8, 4) is 5.75 Å². The third-order valence-electron chi connectivity index (χ3n) is 3.21. The van der Waals surface area contributed by atoms with E-state index in [0.717, 1.165) is 31.9 Å². The SMILES string of the molecule is CN=C(NCCCCOc1ccc(F)cc1)NCc1ccsc1.I. The summed E-state index contributed by atoms with van der Waals surface area (Å²) >= 11 is 1.69. The van der Waals surface area contributed by atoms with Gasteiger partial charge >= 0.3 is 0 Å². The van der Waals surface area contributed by atoms with E-state index in [-0.39, 0.29) is 29.8 Å². The zero-order valence-corrected chi connectivity index (χ0v) is 16.8. The quantitative estimate of drug-likeness (QED) is 0.269. The topological polar surface area (TPSA) is 45.7 Å². The van der Waals surface area contributed by atoms with E-state index < -0.39 is 0 Å². The van der Waals surface area contributed by atoms with Crippen molar-refractivity contribution in [2.24, 2.45) is 4.99 Å². The average Bonchev–Trinajstić information content (AvgIpc) is 3.08. The van der Waals surface area contributed by atoms with Crippen LogP contribution in [0.3, 0.4) is 0 Å². The summed E-state index contributed by atoms with van der Waals surface area (Å²) in [4.78, 5) is 4.19. The number of hydrogen-bond donors (Lipinski definition) is 2. The Hall–Kier alpha value is -1.35. The number of ether oxygens (including phenoxy) is 1. The molecule has 132 valence electrons. The Morgan fingerprint density at radius 3 is 2.62 bits per heavy atom. The van der Waals surface area contributed by atoms with Crippen molar-refractivity contribution in [2.45, 2.75) is 19.4 Å². The van der Waals surface area contributed by atoms with Gasteiger partial charge in [0.2, 0.25) is 0 Å². The molecule has 0 saturated carbocycles. The molecule has 0 aliphatic carbocycles. The lowest BCUT2D eigenvalue weighted by atomic mass is 10.3. The summed E-state index contributed by atoms with van der Waals surface area (Å²) in [6, 6.07) is 8.19. The highest BCUT2D eigenvalue weighted by Crippen LogP contribution is 2.11. The number of thiophene rings is 1. The normalized spacial score (nSPS) is 10.8. The fraction of sp³-hybridized carbons (Fsp3) is 0.353. The second-order valence-electron chi connectivity index (χ2n) is 4.99. The summed E-state index contributed by atoms with van der Waals surface area (Å²) < 4.78 is 18.3. The van der Waals surface area contributed by atoms with Crippen molar-refractivity contribution in [3.05, 3.63) is 52.5 Å². The fourth-order valence-corrected chi connectivity index (χ4v) is 2.62. The molecule has 0 atom stereocenters. The van der Waals surface area contributed by atoms with Crippen LogP contribution in [0.5, 0.6) is 5.75 Å². The van der Waals surface area contributed by atoms with E-state index in [2.05, 4.69) is 32.5 Å². The lowest BCUT2D eigenvalue weighted by Crippen LogP contribution is -2.37. The maximum atomic E-state index is 12.8. The number of aliphatic imine (C=N–C) groups is 1. The summed E-state index contributed by atoms with van der Waals surface area (Å²) in [6.07, 6.45) is 1.90.